The molecule has 8 heteroatoms. The molecule has 0 fully saturated rings. The number of rotatable bonds is 10. The highest BCUT2D eigenvalue weighted by Crippen LogP contribution is 2.33. The van der Waals surface area contributed by atoms with Crippen molar-refractivity contribution < 1.29 is 23.9 Å². The first kappa shape index (κ1) is 32.8. The van der Waals surface area contributed by atoms with Crippen LogP contribution >= 0.6 is 11.8 Å². The second kappa shape index (κ2) is 15.5. The van der Waals surface area contributed by atoms with E-state index in [0.717, 1.165) is 20.9 Å². The van der Waals surface area contributed by atoms with E-state index in [1.54, 1.807) is 44.4 Å². The Labute approximate surface area is 257 Å². The summed E-state index contributed by atoms with van der Waals surface area (Å²) in [6, 6.07) is 26.1. The molecule has 7 nitrogen and oxygen atoms in total. The Balaban J connectivity index is 0.00000248. The molecule has 0 saturated carbocycles. The molecular formula is C35H36N2O5S. The van der Waals surface area contributed by atoms with Gasteiger partial charge in [-0.05, 0) is 71.8 Å². The molecule has 0 aromatic heterocycles. The van der Waals surface area contributed by atoms with Crippen molar-refractivity contribution in [2.45, 2.75) is 36.5 Å². The van der Waals surface area contributed by atoms with Gasteiger partial charge in [-0.25, -0.2) is 0 Å². The number of ether oxygens (including phenoxy) is 1. The number of nitrogens with zero attached hydrogens (tertiary/aromatic N) is 1. The van der Waals surface area contributed by atoms with Crippen molar-refractivity contribution in [1.29, 1.82) is 0 Å². The van der Waals surface area contributed by atoms with Gasteiger partial charge in [0.15, 0.2) is 12.6 Å². The molecule has 0 spiro atoms. The molecule has 4 aromatic rings. The van der Waals surface area contributed by atoms with Crippen LogP contribution in [0.3, 0.4) is 0 Å². The third-order valence-electron chi connectivity index (χ3n) is 6.64. The van der Waals surface area contributed by atoms with Gasteiger partial charge in [0.2, 0.25) is 0 Å². The van der Waals surface area contributed by atoms with E-state index in [1.807, 2.05) is 56.3 Å². The lowest BCUT2D eigenvalue weighted by Gasteiger charge is -2.15. The first-order chi connectivity index (χ1) is 20.7. The van der Waals surface area contributed by atoms with Gasteiger partial charge in [-0.3, -0.25) is 19.2 Å². The fourth-order valence-corrected chi connectivity index (χ4v) is 5.14. The number of hydrogen-bond donors (Lipinski definition) is 1. The third kappa shape index (κ3) is 8.20. The summed E-state index contributed by atoms with van der Waals surface area (Å²) < 4.78 is 5.92. The Kier molecular flexibility index (Phi) is 11.8. The molecule has 0 bridgehead atoms. The smallest absolute Gasteiger partial charge is 0.254 e. The fourth-order valence-electron chi connectivity index (χ4n) is 4.28. The van der Waals surface area contributed by atoms with E-state index in [2.05, 4.69) is 24.4 Å². The van der Waals surface area contributed by atoms with Crippen molar-refractivity contribution in [2.24, 2.45) is 0 Å². The molecule has 0 saturated heterocycles. The van der Waals surface area contributed by atoms with Crippen LogP contribution in [0.25, 0.3) is 0 Å². The molecule has 222 valence electrons. The summed E-state index contributed by atoms with van der Waals surface area (Å²) in [6.45, 7) is 6.13. The van der Waals surface area contributed by atoms with Gasteiger partial charge in [-0.15, -0.1) is 0 Å². The van der Waals surface area contributed by atoms with E-state index < -0.39 is 0 Å². The second-order valence-electron chi connectivity index (χ2n) is 9.58. The molecule has 1 unspecified atom stereocenters. The predicted molar refractivity (Wildman–Crippen MR) is 171 cm³/mol. The SMILES string of the molecule is CC.CNC(=O)c1ccc(Oc2ccc(C(C)c3ccc(Sc4ccc(C=O)c(C(=O)N(C)C)c4)cc3)cc2)cc1C=O. The van der Waals surface area contributed by atoms with Crippen molar-refractivity contribution in [3.05, 3.63) is 118 Å². The van der Waals surface area contributed by atoms with E-state index >= 15 is 0 Å². The summed E-state index contributed by atoms with van der Waals surface area (Å²) in [4.78, 5) is 50.6. The van der Waals surface area contributed by atoms with Crippen LogP contribution in [-0.4, -0.2) is 50.4 Å². The maximum Gasteiger partial charge on any atom is 0.254 e. The lowest BCUT2D eigenvalue weighted by atomic mass is 9.93. The number of amides is 2. The zero-order chi connectivity index (χ0) is 31.5. The summed E-state index contributed by atoms with van der Waals surface area (Å²) in [5.41, 5.74) is 3.56. The largest absolute Gasteiger partial charge is 0.457 e. The monoisotopic (exact) mass is 596 g/mol. The van der Waals surface area contributed by atoms with Crippen LogP contribution in [0.2, 0.25) is 0 Å². The highest BCUT2D eigenvalue weighted by Gasteiger charge is 2.15. The number of benzene rings is 4. The highest BCUT2D eigenvalue weighted by atomic mass is 32.2. The van der Waals surface area contributed by atoms with E-state index in [-0.39, 0.29) is 23.3 Å². The minimum absolute atomic E-state index is 0.132. The first-order valence-corrected chi connectivity index (χ1v) is 14.7. The van der Waals surface area contributed by atoms with Crippen molar-refractivity contribution >= 4 is 36.1 Å². The van der Waals surface area contributed by atoms with Gasteiger partial charge in [-0.2, -0.15) is 0 Å². The number of hydrogen-bond acceptors (Lipinski definition) is 6. The molecule has 43 heavy (non-hydrogen) atoms. The summed E-state index contributed by atoms with van der Waals surface area (Å²) in [5, 5.41) is 2.52. The van der Waals surface area contributed by atoms with Gasteiger partial charge in [0.05, 0.1) is 11.1 Å². The molecule has 1 N–H and O–H groups in total. The van der Waals surface area contributed by atoms with E-state index in [0.29, 0.717) is 40.8 Å². The Hall–Kier alpha value is -4.69. The van der Waals surface area contributed by atoms with Crippen LogP contribution < -0.4 is 10.1 Å². The lowest BCUT2D eigenvalue weighted by molar-refractivity contribution is 0.0823. The quantitative estimate of drug-likeness (QED) is 0.191. The van der Waals surface area contributed by atoms with Crippen LogP contribution in [0.1, 0.15) is 79.2 Å². The summed E-state index contributed by atoms with van der Waals surface area (Å²) in [5.74, 6) is 0.674. The first-order valence-electron chi connectivity index (χ1n) is 13.9. The van der Waals surface area contributed by atoms with Crippen LogP contribution in [-0.2, 0) is 0 Å². The Morgan fingerprint density at radius 2 is 1.30 bits per heavy atom. The highest BCUT2D eigenvalue weighted by molar-refractivity contribution is 7.99. The van der Waals surface area contributed by atoms with Crippen LogP contribution in [0.4, 0.5) is 0 Å². The topological polar surface area (TPSA) is 92.8 Å². The van der Waals surface area contributed by atoms with Crippen molar-refractivity contribution in [3.63, 3.8) is 0 Å². The van der Waals surface area contributed by atoms with Crippen LogP contribution in [0.15, 0.2) is 94.7 Å². The maximum absolute atomic E-state index is 12.5. The molecule has 4 aromatic carbocycles. The molecule has 0 aliphatic heterocycles. The number of aldehydes is 2. The van der Waals surface area contributed by atoms with E-state index in [9.17, 15) is 19.2 Å². The Morgan fingerprint density at radius 1 is 0.744 bits per heavy atom. The fraction of sp³-hybridized carbons (Fsp3) is 0.200. The molecule has 4 rings (SSSR count). The Morgan fingerprint density at radius 3 is 1.86 bits per heavy atom. The van der Waals surface area contributed by atoms with Gasteiger partial charge in [0, 0.05) is 48.0 Å². The molecule has 0 heterocycles. The molecule has 0 radical (unpaired) electrons. The maximum atomic E-state index is 12.5. The Bertz CT molecular complexity index is 1580. The van der Waals surface area contributed by atoms with Gasteiger partial charge < -0.3 is 15.0 Å². The molecule has 0 aliphatic carbocycles. The summed E-state index contributed by atoms with van der Waals surface area (Å²) in [7, 11) is 4.84. The van der Waals surface area contributed by atoms with Gasteiger partial charge >= 0.3 is 0 Å². The minimum Gasteiger partial charge on any atom is -0.457 e. The number of nitrogens with one attached hydrogen (secondary N) is 1. The zero-order valence-electron chi connectivity index (χ0n) is 25.2. The normalized spacial score (nSPS) is 10.9. The van der Waals surface area contributed by atoms with Crippen molar-refractivity contribution in [3.8, 4) is 11.5 Å². The standard InChI is InChI=1S/C33H30N2O5S.C2H6/c1-21(22-5-10-26(11-6-22)40-27-12-16-30(32(38)34-2)25(17-27)20-37)23-7-13-28(14-8-23)41-29-15-9-24(19-36)31(18-29)33(39)35(3)4;1-2/h5-21H,1-4H3,(H,34,38);1-2H3. The molecule has 1 atom stereocenters. The minimum atomic E-state index is -0.331. The average Bonchev–Trinajstić information content (AvgIpc) is 3.05. The lowest BCUT2D eigenvalue weighted by Crippen LogP contribution is -2.23. The van der Waals surface area contributed by atoms with Gasteiger partial charge in [-0.1, -0.05) is 56.8 Å². The zero-order valence-corrected chi connectivity index (χ0v) is 26.0. The third-order valence-corrected chi connectivity index (χ3v) is 7.64. The van der Waals surface area contributed by atoms with Crippen molar-refractivity contribution in [2.75, 3.05) is 21.1 Å². The van der Waals surface area contributed by atoms with E-state index in [1.165, 1.54) is 23.7 Å². The molecule has 2 amide bonds. The summed E-state index contributed by atoms with van der Waals surface area (Å²) >= 11 is 1.53. The van der Waals surface area contributed by atoms with Crippen LogP contribution in [0, 0.1) is 0 Å². The molecular weight excluding hydrogens is 560 g/mol. The van der Waals surface area contributed by atoms with Crippen molar-refractivity contribution in [1.82, 2.24) is 10.2 Å². The van der Waals surface area contributed by atoms with Gasteiger partial charge in [0.25, 0.3) is 11.8 Å². The average molecular weight is 597 g/mol. The predicted octanol–water partition coefficient (Wildman–Crippen LogP) is 7.49. The summed E-state index contributed by atoms with van der Waals surface area (Å²) in [6.07, 6.45) is 1.34. The number of carbonyl (C=O) groups excluding carboxylic acids is 4. The van der Waals surface area contributed by atoms with E-state index in [4.69, 9.17) is 4.74 Å². The van der Waals surface area contributed by atoms with Crippen LogP contribution in [0.5, 0.6) is 11.5 Å². The molecule has 0 aliphatic rings. The second-order valence-corrected chi connectivity index (χ2v) is 10.7. The van der Waals surface area contributed by atoms with Gasteiger partial charge in [0.1, 0.15) is 11.5 Å². The number of carbonyl (C=O) groups is 4.